The molecule has 0 bridgehead atoms. The van der Waals surface area contributed by atoms with Crippen molar-refractivity contribution in [3.63, 3.8) is 0 Å². The maximum atomic E-state index is 2.45. The van der Waals surface area contributed by atoms with Gasteiger partial charge in [-0.1, -0.05) is 66.5 Å². The third kappa shape index (κ3) is 4.02. The average molecular weight is 539 g/mol. The van der Waals surface area contributed by atoms with E-state index in [0.717, 1.165) is 0 Å². The van der Waals surface area contributed by atoms with Crippen LogP contribution in [-0.4, -0.2) is 0 Å². The zero-order valence-electron chi connectivity index (χ0n) is 19.1. The zero-order valence-corrected chi connectivity index (χ0v) is 22.7. The first-order valence-electron chi connectivity index (χ1n) is 10.6. The van der Waals surface area contributed by atoms with E-state index in [-0.39, 0.29) is 25.8 Å². The maximum absolute atomic E-state index is 2.45. The molecular weight excluding hydrogens is 503 g/mol. The molecule has 0 heterocycles. The molecule has 0 aliphatic heterocycles. The Labute approximate surface area is 191 Å². The topological polar surface area (TPSA) is 0 Å². The molecule has 0 N–H and O–H groups in total. The van der Waals surface area contributed by atoms with Gasteiger partial charge in [-0.05, 0) is 31.1 Å². The Bertz CT molecular complexity index is 880. The minimum Gasteiger partial charge on any atom is -0.196 e. The molecule has 1 aliphatic rings. The van der Waals surface area contributed by atoms with Gasteiger partial charge in [-0.2, -0.15) is 39.9 Å². The molecule has 28 heavy (non-hydrogen) atoms. The number of hydrogen-bond donors (Lipinski definition) is 0. The Morgan fingerprint density at radius 2 is 1.36 bits per heavy atom. The Balaban J connectivity index is 0.000000221. The summed E-state index contributed by atoms with van der Waals surface area (Å²) in [6.07, 6.45) is 5.19. The SMILES string of the molecule is CCC1(CC)Cc2cc3cc[c-](C)c3cc2C1.Cc1c(C)c(C)[c-](C)c1C.[Hf]. The summed E-state index contributed by atoms with van der Waals surface area (Å²) >= 11 is 0. The normalized spacial score (nSPS) is 14.4. The van der Waals surface area contributed by atoms with Crippen molar-refractivity contribution >= 4 is 10.8 Å². The molecule has 0 atom stereocenters. The Hall–Kier alpha value is -0.950. The van der Waals surface area contributed by atoms with Crippen LogP contribution in [0, 0.1) is 47.0 Å². The van der Waals surface area contributed by atoms with E-state index >= 15 is 0 Å². The van der Waals surface area contributed by atoms with Gasteiger partial charge in [0.05, 0.1) is 0 Å². The molecule has 0 spiro atoms. The predicted octanol–water partition coefficient (Wildman–Crippen LogP) is 7.72. The fraction of sp³-hybridized carbons (Fsp3) is 0.481. The summed E-state index contributed by atoms with van der Waals surface area (Å²) in [5, 5.41) is 2.90. The van der Waals surface area contributed by atoms with Crippen molar-refractivity contribution in [3.05, 3.63) is 68.8 Å². The van der Waals surface area contributed by atoms with Gasteiger partial charge in [-0.3, -0.25) is 0 Å². The van der Waals surface area contributed by atoms with Crippen LogP contribution in [-0.2, 0) is 38.7 Å². The van der Waals surface area contributed by atoms with Crippen molar-refractivity contribution in [2.75, 3.05) is 0 Å². The molecule has 1 heteroatoms. The molecule has 0 nitrogen and oxygen atoms in total. The molecule has 0 amide bonds. The number of benzene rings is 1. The summed E-state index contributed by atoms with van der Waals surface area (Å²) in [7, 11) is 0. The Morgan fingerprint density at radius 1 is 0.857 bits per heavy atom. The van der Waals surface area contributed by atoms with Gasteiger partial charge in [-0.25, -0.2) is 0 Å². The first kappa shape index (κ1) is 23.3. The largest absolute Gasteiger partial charge is 0.196 e. The van der Waals surface area contributed by atoms with E-state index in [2.05, 4.69) is 79.7 Å². The van der Waals surface area contributed by atoms with Gasteiger partial charge >= 0.3 is 0 Å². The molecule has 0 saturated carbocycles. The number of hydrogen-bond acceptors (Lipinski definition) is 0. The van der Waals surface area contributed by atoms with Crippen LogP contribution >= 0.6 is 0 Å². The van der Waals surface area contributed by atoms with Gasteiger partial charge in [0, 0.05) is 25.8 Å². The summed E-state index contributed by atoms with van der Waals surface area (Å²) in [4.78, 5) is 0. The van der Waals surface area contributed by atoms with Crippen LogP contribution in [0.5, 0.6) is 0 Å². The number of fused-ring (bicyclic) bond motifs is 2. The van der Waals surface area contributed by atoms with Crippen LogP contribution < -0.4 is 0 Å². The minimum atomic E-state index is 0. The van der Waals surface area contributed by atoms with E-state index in [1.54, 1.807) is 11.1 Å². The van der Waals surface area contributed by atoms with E-state index in [1.165, 1.54) is 69.8 Å². The number of aryl methyl sites for hydroxylation is 1. The molecule has 0 saturated heterocycles. The standard InChI is InChI=1S/C17H21.C10H15.Hf/c1-4-17(5-2)10-14-8-13-7-6-12(3)16(13)9-15(14)11-17;1-6-7(2)9(4)10(5)8(6)3;/h6-9H,4-5,10-11H2,1-3H3;1-5H3;/q2*-1;. The van der Waals surface area contributed by atoms with Crippen LogP contribution in [0.15, 0.2) is 24.3 Å². The summed E-state index contributed by atoms with van der Waals surface area (Å²) in [6.45, 7) is 17.9. The third-order valence-corrected chi connectivity index (χ3v) is 7.75. The van der Waals surface area contributed by atoms with E-state index in [0.29, 0.717) is 5.41 Å². The van der Waals surface area contributed by atoms with Crippen molar-refractivity contribution in [1.82, 2.24) is 0 Å². The third-order valence-electron chi connectivity index (χ3n) is 7.75. The Kier molecular flexibility index (Phi) is 7.35. The summed E-state index contributed by atoms with van der Waals surface area (Å²) in [5.74, 6) is 0. The van der Waals surface area contributed by atoms with Gasteiger partial charge in [0.25, 0.3) is 0 Å². The minimum absolute atomic E-state index is 0. The molecule has 3 aromatic carbocycles. The van der Waals surface area contributed by atoms with E-state index in [1.807, 2.05) is 0 Å². The second-order valence-electron chi connectivity index (χ2n) is 8.91. The first-order chi connectivity index (χ1) is 12.7. The van der Waals surface area contributed by atoms with Crippen LogP contribution in [0.1, 0.15) is 71.2 Å². The molecular formula is C27H36Hf-2. The molecule has 0 radical (unpaired) electrons. The summed E-state index contributed by atoms with van der Waals surface area (Å²) in [6, 6.07) is 9.40. The van der Waals surface area contributed by atoms with Crippen LogP contribution in [0.3, 0.4) is 0 Å². The van der Waals surface area contributed by atoms with Gasteiger partial charge in [0.15, 0.2) is 0 Å². The maximum Gasteiger partial charge on any atom is 0 e. The average Bonchev–Trinajstić information content (AvgIpc) is 3.28. The molecule has 0 fully saturated rings. The first-order valence-corrected chi connectivity index (χ1v) is 10.6. The van der Waals surface area contributed by atoms with Gasteiger partial charge in [-0.15, -0.1) is 28.5 Å². The molecule has 150 valence electrons. The van der Waals surface area contributed by atoms with Gasteiger partial charge < -0.3 is 0 Å². The second-order valence-corrected chi connectivity index (χ2v) is 8.91. The molecule has 3 aromatic rings. The van der Waals surface area contributed by atoms with Crippen LogP contribution in [0.25, 0.3) is 10.8 Å². The van der Waals surface area contributed by atoms with Crippen molar-refractivity contribution < 1.29 is 25.8 Å². The molecule has 1 aliphatic carbocycles. The van der Waals surface area contributed by atoms with Crippen LogP contribution in [0.4, 0.5) is 0 Å². The second kappa shape index (κ2) is 8.82. The van der Waals surface area contributed by atoms with Gasteiger partial charge in [0.1, 0.15) is 0 Å². The van der Waals surface area contributed by atoms with E-state index in [4.69, 9.17) is 0 Å². The predicted molar refractivity (Wildman–Crippen MR) is 120 cm³/mol. The van der Waals surface area contributed by atoms with Crippen LogP contribution in [0.2, 0.25) is 0 Å². The van der Waals surface area contributed by atoms with Crippen molar-refractivity contribution in [2.45, 2.75) is 81.1 Å². The quantitative estimate of drug-likeness (QED) is 0.231. The monoisotopic (exact) mass is 540 g/mol. The fourth-order valence-electron chi connectivity index (χ4n) is 4.85. The molecule has 0 unspecified atom stereocenters. The fourth-order valence-corrected chi connectivity index (χ4v) is 4.85. The van der Waals surface area contributed by atoms with Crippen molar-refractivity contribution in [2.24, 2.45) is 5.41 Å². The van der Waals surface area contributed by atoms with Gasteiger partial charge in [0.2, 0.25) is 0 Å². The van der Waals surface area contributed by atoms with Crippen molar-refractivity contribution in [3.8, 4) is 0 Å². The molecule has 4 rings (SSSR count). The van der Waals surface area contributed by atoms with E-state index < -0.39 is 0 Å². The van der Waals surface area contributed by atoms with E-state index in [9.17, 15) is 0 Å². The number of rotatable bonds is 2. The van der Waals surface area contributed by atoms with Crippen molar-refractivity contribution in [1.29, 1.82) is 0 Å². The zero-order chi connectivity index (χ0) is 19.9. The molecule has 0 aromatic heterocycles. The summed E-state index contributed by atoms with van der Waals surface area (Å²) < 4.78 is 0. The summed E-state index contributed by atoms with van der Waals surface area (Å²) in [5.41, 5.74) is 12.5. The Morgan fingerprint density at radius 3 is 1.79 bits per heavy atom. The smallest absolute Gasteiger partial charge is 0 e.